The van der Waals surface area contributed by atoms with E-state index in [0.29, 0.717) is 37.7 Å². The molecule has 0 saturated carbocycles. The highest BCUT2D eigenvalue weighted by Gasteiger charge is 2.34. The van der Waals surface area contributed by atoms with Gasteiger partial charge in [0.1, 0.15) is 23.9 Å². The molecular formula is C27H26ClN3O3. The molecule has 174 valence electrons. The number of halogens is 1. The van der Waals surface area contributed by atoms with Gasteiger partial charge >= 0.3 is 0 Å². The lowest BCUT2D eigenvalue weighted by atomic mass is 10.1. The van der Waals surface area contributed by atoms with Crippen LogP contribution in [0.25, 0.3) is 11.0 Å². The summed E-state index contributed by atoms with van der Waals surface area (Å²) in [6, 6.07) is 23.1. The quantitative estimate of drug-likeness (QED) is 0.328. The summed E-state index contributed by atoms with van der Waals surface area (Å²) in [6.07, 6.45) is 0.425. The molecule has 1 fully saturated rings. The molecule has 0 spiro atoms. The maximum Gasteiger partial charge on any atom is 0.227 e. The van der Waals surface area contributed by atoms with Gasteiger partial charge in [0.15, 0.2) is 0 Å². The van der Waals surface area contributed by atoms with Crippen molar-refractivity contribution < 1.29 is 14.3 Å². The molecule has 2 heterocycles. The molecule has 3 aromatic carbocycles. The number of nitrogens with zero attached hydrogens (tertiary/aromatic N) is 3. The highest BCUT2D eigenvalue weighted by molar-refractivity contribution is 6.30. The van der Waals surface area contributed by atoms with E-state index in [9.17, 15) is 4.79 Å². The van der Waals surface area contributed by atoms with Crippen LogP contribution in [0.3, 0.4) is 0 Å². The van der Waals surface area contributed by atoms with Crippen molar-refractivity contribution in [1.29, 1.82) is 0 Å². The molecule has 1 amide bonds. The third-order valence-corrected chi connectivity index (χ3v) is 6.28. The first-order chi connectivity index (χ1) is 16.6. The molecule has 1 aliphatic rings. The fourth-order valence-corrected chi connectivity index (χ4v) is 4.57. The normalized spacial score (nSPS) is 15.8. The van der Waals surface area contributed by atoms with Crippen LogP contribution in [0.1, 0.15) is 25.1 Å². The van der Waals surface area contributed by atoms with Gasteiger partial charge in [-0.05, 0) is 67.6 Å². The SMILES string of the molecule is CCOc1ccc(N2CC(c3nc4ccccc4n3CCOc3ccc(Cl)cc3)CC2=O)cc1. The summed E-state index contributed by atoms with van der Waals surface area (Å²) in [4.78, 5) is 19.7. The summed E-state index contributed by atoms with van der Waals surface area (Å²) in [6.45, 7) is 4.27. The average Bonchev–Trinajstić information content (AvgIpc) is 3.42. The molecule has 1 atom stereocenters. The summed E-state index contributed by atoms with van der Waals surface area (Å²) in [5.74, 6) is 2.60. The minimum absolute atomic E-state index is 0.00185. The topological polar surface area (TPSA) is 56.6 Å². The Labute approximate surface area is 203 Å². The van der Waals surface area contributed by atoms with Gasteiger partial charge in [0.05, 0.1) is 24.2 Å². The van der Waals surface area contributed by atoms with Crippen molar-refractivity contribution in [2.45, 2.75) is 25.8 Å². The first-order valence-electron chi connectivity index (χ1n) is 11.5. The van der Waals surface area contributed by atoms with E-state index in [1.54, 1.807) is 0 Å². The van der Waals surface area contributed by atoms with E-state index >= 15 is 0 Å². The molecule has 6 nitrogen and oxygen atoms in total. The Morgan fingerprint density at radius 1 is 0.971 bits per heavy atom. The second-order valence-corrected chi connectivity index (χ2v) is 8.68. The van der Waals surface area contributed by atoms with Crippen molar-refractivity contribution in [3.8, 4) is 11.5 Å². The van der Waals surface area contributed by atoms with Crippen molar-refractivity contribution in [2.75, 3.05) is 24.7 Å². The van der Waals surface area contributed by atoms with E-state index in [2.05, 4.69) is 10.6 Å². The standard InChI is InChI=1S/C27H26ClN3O3/c1-2-33-22-13-9-21(10-14-22)31-18-19(17-26(31)32)27-29-24-5-3-4-6-25(24)30(27)15-16-34-23-11-7-20(28)8-12-23/h3-14,19H,2,15-18H2,1H3. The van der Waals surface area contributed by atoms with Crippen molar-refractivity contribution >= 4 is 34.2 Å². The van der Waals surface area contributed by atoms with E-state index in [-0.39, 0.29) is 11.8 Å². The molecule has 4 aromatic rings. The van der Waals surface area contributed by atoms with Crippen molar-refractivity contribution in [1.82, 2.24) is 9.55 Å². The lowest BCUT2D eigenvalue weighted by molar-refractivity contribution is -0.117. The number of hydrogen-bond donors (Lipinski definition) is 0. The molecule has 7 heteroatoms. The second kappa shape index (κ2) is 9.77. The zero-order valence-corrected chi connectivity index (χ0v) is 19.7. The van der Waals surface area contributed by atoms with Crippen LogP contribution in [0.4, 0.5) is 5.69 Å². The Kier molecular flexibility index (Phi) is 6.41. The number of ether oxygens (including phenoxy) is 2. The second-order valence-electron chi connectivity index (χ2n) is 8.25. The van der Waals surface area contributed by atoms with Gasteiger partial charge in [-0.25, -0.2) is 4.98 Å². The monoisotopic (exact) mass is 475 g/mol. The molecule has 1 aromatic heterocycles. The third-order valence-electron chi connectivity index (χ3n) is 6.03. The van der Waals surface area contributed by atoms with Gasteiger partial charge in [0.25, 0.3) is 0 Å². The number of para-hydroxylation sites is 2. The Hall–Kier alpha value is -3.51. The van der Waals surface area contributed by atoms with E-state index in [1.165, 1.54) is 0 Å². The average molecular weight is 476 g/mol. The van der Waals surface area contributed by atoms with Gasteiger partial charge in [-0.1, -0.05) is 23.7 Å². The van der Waals surface area contributed by atoms with E-state index in [1.807, 2.05) is 78.6 Å². The molecule has 0 bridgehead atoms. The maximum absolute atomic E-state index is 12.9. The minimum Gasteiger partial charge on any atom is -0.494 e. The van der Waals surface area contributed by atoms with Gasteiger partial charge in [-0.2, -0.15) is 0 Å². The lowest BCUT2D eigenvalue weighted by Gasteiger charge is -2.18. The van der Waals surface area contributed by atoms with Crippen LogP contribution in [0.15, 0.2) is 72.8 Å². The summed E-state index contributed by atoms with van der Waals surface area (Å²) in [5, 5.41) is 0.679. The van der Waals surface area contributed by atoms with Gasteiger partial charge in [0.2, 0.25) is 5.91 Å². The first kappa shape index (κ1) is 22.3. The summed E-state index contributed by atoms with van der Waals surface area (Å²) < 4.78 is 13.7. The predicted molar refractivity (Wildman–Crippen MR) is 134 cm³/mol. The first-order valence-corrected chi connectivity index (χ1v) is 11.9. The van der Waals surface area contributed by atoms with Crippen LogP contribution in [-0.4, -0.2) is 35.2 Å². The zero-order valence-electron chi connectivity index (χ0n) is 19.0. The van der Waals surface area contributed by atoms with Crippen molar-refractivity contribution in [3.05, 3.63) is 83.6 Å². The smallest absolute Gasteiger partial charge is 0.227 e. The van der Waals surface area contributed by atoms with Crippen LogP contribution in [0, 0.1) is 0 Å². The number of fused-ring (bicyclic) bond motifs is 1. The molecule has 1 aliphatic heterocycles. The summed E-state index contributed by atoms with van der Waals surface area (Å²) in [7, 11) is 0. The number of benzene rings is 3. The molecule has 0 radical (unpaired) electrons. The largest absolute Gasteiger partial charge is 0.494 e. The highest BCUT2D eigenvalue weighted by atomic mass is 35.5. The minimum atomic E-state index is 0.00185. The number of carbonyl (C=O) groups excluding carboxylic acids is 1. The molecular weight excluding hydrogens is 450 g/mol. The van der Waals surface area contributed by atoms with Gasteiger partial charge < -0.3 is 18.9 Å². The number of amides is 1. The van der Waals surface area contributed by atoms with E-state index in [4.69, 9.17) is 26.1 Å². The van der Waals surface area contributed by atoms with E-state index < -0.39 is 0 Å². The molecule has 0 N–H and O–H groups in total. The number of rotatable bonds is 8. The van der Waals surface area contributed by atoms with Crippen LogP contribution < -0.4 is 14.4 Å². The zero-order chi connectivity index (χ0) is 23.5. The van der Waals surface area contributed by atoms with Crippen molar-refractivity contribution in [3.63, 3.8) is 0 Å². The van der Waals surface area contributed by atoms with Crippen LogP contribution in [0.5, 0.6) is 11.5 Å². The number of carbonyl (C=O) groups is 1. The molecule has 0 aliphatic carbocycles. The van der Waals surface area contributed by atoms with Crippen LogP contribution in [0.2, 0.25) is 5.02 Å². The Bertz CT molecular complexity index is 1280. The third kappa shape index (κ3) is 4.59. The Morgan fingerprint density at radius 2 is 1.68 bits per heavy atom. The van der Waals surface area contributed by atoms with Crippen molar-refractivity contribution in [2.24, 2.45) is 0 Å². The number of anilines is 1. The number of aromatic nitrogens is 2. The fourth-order valence-electron chi connectivity index (χ4n) is 4.45. The Balaban J connectivity index is 1.36. The fraction of sp³-hybridized carbons (Fsp3) is 0.259. The molecule has 34 heavy (non-hydrogen) atoms. The Morgan fingerprint density at radius 3 is 2.44 bits per heavy atom. The lowest BCUT2D eigenvalue weighted by Crippen LogP contribution is -2.24. The molecule has 5 rings (SSSR count). The molecule has 1 saturated heterocycles. The molecule has 1 unspecified atom stereocenters. The van der Waals surface area contributed by atoms with Gasteiger partial charge in [0, 0.05) is 29.6 Å². The maximum atomic E-state index is 12.9. The predicted octanol–water partition coefficient (Wildman–Crippen LogP) is 5.69. The number of hydrogen-bond acceptors (Lipinski definition) is 4. The summed E-state index contributed by atoms with van der Waals surface area (Å²) in [5.41, 5.74) is 2.85. The van der Waals surface area contributed by atoms with Crippen LogP contribution >= 0.6 is 11.6 Å². The van der Waals surface area contributed by atoms with Gasteiger partial charge in [-0.15, -0.1) is 0 Å². The van der Waals surface area contributed by atoms with Gasteiger partial charge in [-0.3, -0.25) is 4.79 Å². The summed E-state index contributed by atoms with van der Waals surface area (Å²) >= 11 is 5.97. The van der Waals surface area contributed by atoms with E-state index in [0.717, 1.165) is 34.0 Å². The number of imidazole rings is 1. The highest BCUT2D eigenvalue weighted by Crippen LogP contribution is 2.34. The van der Waals surface area contributed by atoms with Crippen LogP contribution in [-0.2, 0) is 11.3 Å².